The van der Waals surface area contributed by atoms with Crippen molar-refractivity contribution < 1.29 is 19.1 Å². The molecule has 0 aliphatic carbocycles. The molecule has 0 aromatic heterocycles. The molecule has 0 fully saturated rings. The van der Waals surface area contributed by atoms with Gasteiger partial charge in [0.1, 0.15) is 5.41 Å². The number of nitrogens with zero attached hydrogens (tertiary/aromatic N) is 1. The van der Waals surface area contributed by atoms with Crippen LogP contribution in [0.4, 0.5) is 0 Å². The van der Waals surface area contributed by atoms with Crippen molar-refractivity contribution in [3.63, 3.8) is 0 Å². The largest absolute Gasteiger partial charge is 0.491 e. The van der Waals surface area contributed by atoms with Crippen molar-refractivity contribution in [1.29, 1.82) is 0 Å². The minimum Gasteiger partial charge on any atom is -0.491 e. The van der Waals surface area contributed by atoms with Gasteiger partial charge in [-0.15, -0.1) is 0 Å². The van der Waals surface area contributed by atoms with E-state index < -0.39 is 5.41 Å². The molecule has 2 unspecified atom stereocenters. The molecule has 0 bridgehead atoms. The molecular weight excluding hydrogens is 308 g/mol. The van der Waals surface area contributed by atoms with E-state index in [9.17, 15) is 9.59 Å². The first-order valence-electron chi connectivity index (χ1n) is 7.53. The second-order valence-corrected chi connectivity index (χ2v) is 5.90. The first kappa shape index (κ1) is 17.5. The first-order valence-corrected chi connectivity index (χ1v) is 7.53. The third-order valence-electron chi connectivity index (χ3n) is 4.36. The lowest BCUT2D eigenvalue weighted by Gasteiger charge is -2.22. The molecule has 0 saturated carbocycles. The maximum Gasteiger partial charge on any atom is 0.308 e. The summed E-state index contributed by atoms with van der Waals surface area (Å²) in [6.07, 6.45) is 0.546. The third kappa shape index (κ3) is 2.85. The average molecular weight is 328 g/mol. The normalized spacial score (nSPS) is 21.0. The Balaban J connectivity index is 2.30. The molecule has 2 atom stereocenters. The monoisotopic (exact) mass is 328 g/mol. The number of esters is 1. The number of hydrogen-bond acceptors (Lipinski definition) is 4. The lowest BCUT2D eigenvalue weighted by atomic mass is 9.80. The fourth-order valence-corrected chi connectivity index (χ4v) is 2.81. The molecule has 0 spiro atoms. The van der Waals surface area contributed by atoms with Gasteiger partial charge in [0, 0.05) is 0 Å². The van der Waals surface area contributed by atoms with Gasteiger partial charge in [-0.2, -0.15) is 0 Å². The van der Waals surface area contributed by atoms with E-state index in [1.54, 1.807) is 13.8 Å². The quantitative estimate of drug-likeness (QED) is 0.664. The lowest BCUT2D eigenvalue weighted by Crippen LogP contribution is -2.35. The second-order valence-electron chi connectivity index (χ2n) is 5.90. The highest BCUT2D eigenvalue weighted by Gasteiger charge is 2.48. The molecule has 1 aromatic carbocycles. The van der Waals surface area contributed by atoms with Crippen LogP contribution in [0.3, 0.4) is 0 Å². The molecule has 6 heteroatoms. The van der Waals surface area contributed by atoms with E-state index >= 15 is 0 Å². The zero-order valence-corrected chi connectivity index (χ0v) is 14.2. The highest BCUT2D eigenvalue weighted by Crippen LogP contribution is 2.39. The number of ether oxygens (including phenoxy) is 2. The summed E-state index contributed by atoms with van der Waals surface area (Å²) >= 11 is 0. The fraction of sp³-hybridized carbons (Fsp3) is 0.389. The van der Waals surface area contributed by atoms with Crippen molar-refractivity contribution >= 4 is 11.9 Å². The van der Waals surface area contributed by atoms with Gasteiger partial charge in [0.25, 0.3) is 0 Å². The van der Waals surface area contributed by atoms with Gasteiger partial charge in [-0.3, -0.25) is 9.59 Å². The van der Waals surface area contributed by atoms with E-state index in [2.05, 4.69) is 10.2 Å². The minimum absolute atomic E-state index is 0.195. The van der Waals surface area contributed by atoms with Gasteiger partial charge in [0.15, 0.2) is 5.88 Å². The van der Waals surface area contributed by atoms with Crippen LogP contribution in [0.5, 0.6) is 0 Å². The average Bonchev–Trinajstić information content (AvgIpc) is 2.85. The van der Waals surface area contributed by atoms with Crippen LogP contribution in [-0.2, 0) is 30.9 Å². The van der Waals surface area contributed by atoms with Crippen molar-refractivity contribution in [3.8, 4) is 0 Å². The van der Waals surface area contributed by atoms with Crippen LogP contribution in [0.25, 0.3) is 4.85 Å². The number of benzene rings is 1. The Bertz CT molecular complexity index is 730. The summed E-state index contributed by atoms with van der Waals surface area (Å²) < 4.78 is 9.83. The molecule has 0 saturated heterocycles. The predicted octanol–water partition coefficient (Wildman–Crippen LogP) is 2.16. The zero-order chi connectivity index (χ0) is 17.9. The summed E-state index contributed by atoms with van der Waals surface area (Å²) in [6, 6.07) is 7.34. The van der Waals surface area contributed by atoms with Crippen LogP contribution < -0.4 is 5.32 Å². The fourth-order valence-electron chi connectivity index (χ4n) is 2.81. The summed E-state index contributed by atoms with van der Waals surface area (Å²) in [7, 11) is 2.79. The Kier molecular flexibility index (Phi) is 4.93. The smallest absolute Gasteiger partial charge is 0.308 e. The zero-order valence-electron chi connectivity index (χ0n) is 14.2. The number of carbonyl (C=O) groups excluding carboxylic acids is 2. The Morgan fingerprint density at radius 2 is 1.96 bits per heavy atom. The van der Waals surface area contributed by atoms with Crippen molar-refractivity contribution in [2.24, 2.45) is 5.92 Å². The van der Waals surface area contributed by atoms with Crippen LogP contribution in [0.15, 0.2) is 35.8 Å². The maximum absolute atomic E-state index is 12.4. The Labute approximate surface area is 141 Å². The van der Waals surface area contributed by atoms with Gasteiger partial charge in [-0.1, -0.05) is 38.1 Å². The van der Waals surface area contributed by atoms with Gasteiger partial charge in [-0.25, -0.2) is 4.85 Å². The van der Waals surface area contributed by atoms with Gasteiger partial charge in [-0.05, 0) is 17.5 Å². The van der Waals surface area contributed by atoms with Gasteiger partial charge < -0.3 is 14.8 Å². The topological polar surface area (TPSA) is 69.0 Å². The van der Waals surface area contributed by atoms with Gasteiger partial charge in [0.05, 0.1) is 26.7 Å². The molecule has 2 rings (SSSR count). The van der Waals surface area contributed by atoms with Crippen molar-refractivity contribution in [2.45, 2.75) is 25.7 Å². The van der Waals surface area contributed by atoms with E-state index in [1.807, 2.05) is 24.3 Å². The van der Waals surface area contributed by atoms with Gasteiger partial charge in [0.2, 0.25) is 11.6 Å². The Morgan fingerprint density at radius 1 is 1.33 bits per heavy atom. The molecule has 0 radical (unpaired) electrons. The summed E-state index contributed by atoms with van der Waals surface area (Å²) in [5, 5.41) is 2.61. The molecule has 1 heterocycles. The Morgan fingerprint density at radius 3 is 2.46 bits per heavy atom. The highest BCUT2D eigenvalue weighted by atomic mass is 16.5. The van der Waals surface area contributed by atoms with E-state index in [1.165, 1.54) is 14.2 Å². The van der Waals surface area contributed by atoms with Crippen molar-refractivity contribution in [2.75, 3.05) is 14.2 Å². The number of amides is 1. The minimum atomic E-state index is -1.08. The molecule has 1 aliphatic heterocycles. The van der Waals surface area contributed by atoms with E-state index in [0.29, 0.717) is 12.0 Å². The third-order valence-corrected chi connectivity index (χ3v) is 4.36. The van der Waals surface area contributed by atoms with E-state index in [4.69, 9.17) is 16.0 Å². The highest BCUT2D eigenvalue weighted by molar-refractivity contribution is 5.96. The Hall–Kier alpha value is -2.81. The molecule has 1 amide bonds. The number of rotatable bonds is 5. The van der Waals surface area contributed by atoms with Crippen LogP contribution >= 0.6 is 0 Å². The predicted molar refractivity (Wildman–Crippen MR) is 87.5 cm³/mol. The first-order chi connectivity index (χ1) is 11.4. The second kappa shape index (κ2) is 6.75. The van der Waals surface area contributed by atoms with Crippen molar-refractivity contribution in [1.82, 2.24) is 5.32 Å². The van der Waals surface area contributed by atoms with E-state index in [-0.39, 0.29) is 29.4 Å². The number of methoxy groups -OCH3 is 2. The van der Waals surface area contributed by atoms with Crippen LogP contribution in [0, 0.1) is 12.5 Å². The number of carbonyl (C=O) groups is 2. The molecule has 6 nitrogen and oxygen atoms in total. The molecule has 126 valence electrons. The SMILES string of the molecule is [C-]#[N+]C1=C(OC)NC(=O)C1(C)c1ccc(CC(C)C(=O)OC)cc1. The van der Waals surface area contributed by atoms with Crippen molar-refractivity contribution in [3.05, 3.63) is 58.4 Å². The summed E-state index contributed by atoms with van der Waals surface area (Å²) in [5.41, 5.74) is 0.816. The molecule has 1 aliphatic rings. The summed E-state index contributed by atoms with van der Waals surface area (Å²) in [6.45, 7) is 10.9. The van der Waals surface area contributed by atoms with Crippen LogP contribution in [0.1, 0.15) is 25.0 Å². The standard InChI is InChI=1S/C18H20N2O4/c1-11(16(21)24-5)10-12-6-8-13(9-7-12)18(2)14(19-3)15(23-4)20-17(18)22/h6-9,11H,10H2,1-2,4-5H3,(H,20,22). The summed E-state index contributed by atoms with van der Waals surface area (Å²) in [4.78, 5) is 27.4. The van der Waals surface area contributed by atoms with E-state index in [0.717, 1.165) is 5.56 Å². The maximum atomic E-state index is 12.4. The molecule has 1 aromatic rings. The van der Waals surface area contributed by atoms with Crippen LogP contribution in [0.2, 0.25) is 0 Å². The molecule has 1 N–H and O–H groups in total. The lowest BCUT2D eigenvalue weighted by molar-refractivity contribution is -0.144. The van der Waals surface area contributed by atoms with Crippen LogP contribution in [-0.4, -0.2) is 26.1 Å². The molecular formula is C18H20N2O4. The molecule has 24 heavy (non-hydrogen) atoms. The summed E-state index contributed by atoms with van der Waals surface area (Å²) in [5.74, 6) is -0.601. The number of hydrogen-bond donors (Lipinski definition) is 1. The van der Waals surface area contributed by atoms with Gasteiger partial charge >= 0.3 is 5.97 Å². The number of nitrogens with one attached hydrogen (secondary N) is 1.